The van der Waals surface area contributed by atoms with Crippen molar-refractivity contribution in [2.75, 3.05) is 0 Å². The van der Waals surface area contributed by atoms with Gasteiger partial charge in [0.25, 0.3) is 0 Å². The van der Waals surface area contributed by atoms with Crippen LogP contribution in [0, 0.1) is 19.6 Å². The number of hydrogen-bond donors (Lipinski definition) is 0. The van der Waals surface area contributed by atoms with E-state index in [0.717, 1.165) is 0 Å². The number of rotatable bonds is 0. The first-order valence-electron chi connectivity index (χ1n) is 5.56. The average Bonchev–Trinajstić information content (AvgIpc) is 1.41. The molecule has 98 valence electrons. The van der Waals surface area contributed by atoms with E-state index in [-0.39, 0.29) is 17.4 Å². The minimum atomic E-state index is -0.861. The zero-order chi connectivity index (χ0) is 13.5. The number of hydrogen-bond acceptors (Lipinski definition) is 0. The Bertz CT molecular complexity index is 91.3. The predicted molar refractivity (Wildman–Crippen MR) is 86.1 cm³/mol. The predicted octanol–water partition coefficient (Wildman–Crippen LogP) is 5.09. The smallest absolute Gasteiger partial charge is 0.342 e. The van der Waals surface area contributed by atoms with Crippen molar-refractivity contribution < 1.29 is 17.4 Å². The van der Waals surface area contributed by atoms with Crippen LogP contribution in [0.1, 0.15) is 0 Å². The molecule has 4 heteroatoms. The summed E-state index contributed by atoms with van der Waals surface area (Å²) in [5.74, 6) is 0. The van der Waals surface area contributed by atoms with Gasteiger partial charge in [-0.3, -0.25) is 0 Å². The molecule has 0 atom stereocenters. The van der Waals surface area contributed by atoms with Gasteiger partial charge in [-0.1, -0.05) is 58.9 Å². The maximum Gasteiger partial charge on any atom is 4.00 e. The van der Waals surface area contributed by atoms with Crippen molar-refractivity contribution in [3.05, 3.63) is 19.6 Å². The van der Waals surface area contributed by atoms with E-state index in [1.165, 1.54) is 0 Å². The summed E-state index contributed by atoms with van der Waals surface area (Å²) in [7, 11) is -2.58. The molecule has 0 aromatic rings. The van der Waals surface area contributed by atoms with Gasteiger partial charge >= 0.3 is 17.4 Å². The van der Waals surface area contributed by atoms with Crippen LogP contribution in [-0.2, 0) is 17.4 Å². The summed E-state index contributed by atoms with van der Waals surface area (Å²) in [6, 6.07) is 0. The molecule has 0 aliphatic heterocycles. The van der Waals surface area contributed by atoms with Crippen LogP contribution in [0.3, 0.4) is 0 Å². The molecule has 0 aromatic carbocycles. The van der Waals surface area contributed by atoms with Gasteiger partial charge in [0.1, 0.15) is 0 Å². The molecule has 0 aliphatic rings. The van der Waals surface area contributed by atoms with Crippen LogP contribution in [0.5, 0.6) is 0 Å². The van der Waals surface area contributed by atoms with E-state index in [2.05, 4.69) is 78.6 Å². The van der Waals surface area contributed by atoms with Crippen LogP contribution in [0.25, 0.3) is 0 Å². The van der Waals surface area contributed by atoms with Gasteiger partial charge in [-0.15, -0.1) is 24.2 Å². The van der Waals surface area contributed by atoms with Crippen LogP contribution >= 0.6 is 0 Å². The maximum atomic E-state index is 3.91. The van der Waals surface area contributed by atoms with Crippen molar-refractivity contribution in [1.29, 1.82) is 0 Å². The van der Waals surface area contributed by atoms with Crippen molar-refractivity contribution in [2.45, 2.75) is 58.9 Å². The molecule has 0 rings (SSSR count). The van der Waals surface area contributed by atoms with Gasteiger partial charge in [-0.25, -0.2) is 0 Å². The quantitative estimate of drug-likeness (QED) is 0.431. The minimum absolute atomic E-state index is 0. The fraction of sp³-hybridized carbons (Fsp3) is 0.750. The monoisotopic (exact) mass is 313 g/mol. The van der Waals surface area contributed by atoms with E-state index >= 15 is 0 Å². The summed E-state index contributed by atoms with van der Waals surface area (Å²) < 4.78 is 0. The molecular formula is C12H33CrSi3+. The maximum absolute atomic E-state index is 3.91. The second-order valence-corrected chi connectivity index (χ2v) is 23.0. The molecule has 0 aromatic heterocycles. The summed E-state index contributed by atoms with van der Waals surface area (Å²) in [6.07, 6.45) is 0. The van der Waals surface area contributed by atoms with Gasteiger partial charge in [0.15, 0.2) is 0 Å². The van der Waals surface area contributed by atoms with Crippen LogP contribution in [0.15, 0.2) is 0 Å². The molecule has 16 heavy (non-hydrogen) atoms. The van der Waals surface area contributed by atoms with Gasteiger partial charge in [-0.05, 0) is 0 Å². The molecule has 0 unspecified atom stereocenters. The Labute approximate surface area is 120 Å². The SMILES string of the molecule is [CH2-][Si](C)(C)C.[CH2-][Si](C)(C)C.[CH2-][Si](C)(C)C.[Cr+4]. The Kier molecular flexibility index (Phi) is 16.4. The third kappa shape index (κ3) is 2180. The van der Waals surface area contributed by atoms with Gasteiger partial charge in [0.2, 0.25) is 0 Å². The molecule has 0 aliphatic carbocycles. The largest absolute Gasteiger partial charge is 4.00 e. The molecule has 0 heterocycles. The van der Waals surface area contributed by atoms with Crippen molar-refractivity contribution in [2.24, 2.45) is 0 Å². The first-order valence-corrected chi connectivity index (χ1v) is 16.7. The molecule has 0 amide bonds. The van der Waals surface area contributed by atoms with Crippen molar-refractivity contribution in [3.8, 4) is 0 Å². The molecule has 0 saturated heterocycles. The third-order valence-corrected chi connectivity index (χ3v) is 0. The van der Waals surface area contributed by atoms with E-state index in [1.54, 1.807) is 0 Å². The normalized spacial score (nSPS) is 11.2. The molecule has 0 saturated carbocycles. The van der Waals surface area contributed by atoms with Crippen LogP contribution in [-0.4, -0.2) is 24.2 Å². The van der Waals surface area contributed by atoms with Gasteiger partial charge in [0, 0.05) is 0 Å². The van der Waals surface area contributed by atoms with Crippen LogP contribution in [0.4, 0.5) is 0 Å². The summed E-state index contributed by atoms with van der Waals surface area (Å²) in [4.78, 5) is 0. The van der Waals surface area contributed by atoms with Crippen LogP contribution in [0.2, 0.25) is 58.9 Å². The van der Waals surface area contributed by atoms with E-state index in [4.69, 9.17) is 0 Å². The molecule has 0 fully saturated rings. The average molecular weight is 314 g/mol. The van der Waals surface area contributed by atoms with Gasteiger partial charge in [0.05, 0.1) is 0 Å². The molecule has 0 radical (unpaired) electrons. The van der Waals surface area contributed by atoms with E-state index < -0.39 is 24.2 Å². The Morgan fingerprint density at radius 2 is 0.438 bits per heavy atom. The minimum Gasteiger partial charge on any atom is -0.342 e. The molecular weight excluding hydrogens is 280 g/mol. The van der Waals surface area contributed by atoms with Crippen molar-refractivity contribution in [3.63, 3.8) is 0 Å². The van der Waals surface area contributed by atoms with Crippen LogP contribution < -0.4 is 0 Å². The summed E-state index contributed by atoms with van der Waals surface area (Å²) in [5, 5.41) is 0. The summed E-state index contributed by atoms with van der Waals surface area (Å²) >= 11 is 0. The van der Waals surface area contributed by atoms with Crippen molar-refractivity contribution >= 4 is 24.2 Å². The first kappa shape index (κ1) is 25.9. The molecule has 0 bridgehead atoms. The second-order valence-electron chi connectivity index (χ2n) is 7.68. The molecule has 0 N–H and O–H groups in total. The Hall–Kier alpha value is 1.18. The van der Waals surface area contributed by atoms with Gasteiger partial charge < -0.3 is 19.6 Å². The zero-order valence-corrected chi connectivity index (χ0v) is 17.3. The van der Waals surface area contributed by atoms with E-state index in [9.17, 15) is 0 Å². The second kappa shape index (κ2) is 10.1. The van der Waals surface area contributed by atoms with E-state index in [0.29, 0.717) is 0 Å². The molecule has 0 spiro atoms. The zero-order valence-electron chi connectivity index (χ0n) is 13.0. The topological polar surface area (TPSA) is 0 Å². The standard InChI is InChI=1S/3C4H11Si.Cr/c3*1-5(2,3)4;/h3*1H2,2-4H3;/q3*-1;+4. The fourth-order valence-corrected chi connectivity index (χ4v) is 0. The Balaban J connectivity index is -0.0000000655. The van der Waals surface area contributed by atoms with Crippen molar-refractivity contribution in [1.82, 2.24) is 0 Å². The molecule has 0 nitrogen and oxygen atoms in total. The summed E-state index contributed by atoms with van der Waals surface area (Å²) in [5.41, 5.74) is 0. The van der Waals surface area contributed by atoms with Gasteiger partial charge in [-0.2, -0.15) is 0 Å². The Morgan fingerprint density at radius 1 is 0.438 bits per heavy atom. The Morgan fingerprint density at radius 3 is 0.438 bits per heavy atom. The van der Waals surface area contributed by atoms with E-state index in [1.807, 2.05) is 0 Å². The third-order valence-electron chi connectivity index (χ3n) is 0. The summed E-state index contributed by atoms with van der Waals surface area (Å²) in [6.45, 7) is 31.7. The first-order chi connectivity index (χ1) is 6.00. The fourth-order valence-electron chi connectivity index (χ4n) is 0.